The molecule has 3 rings (SSSR count). The second kappa shape index (κ2) is 7.80. The Morgan fingerprint density at radius 3 is 1.65 bits per heavy atom. The summed E-state index contributed by atoms with van der Waals surface area (Å²) in [6.45, 7) is 11.8. The Morgan fingerprint density at radius 1 is 0.769 bits per heavy atom. The van der Waals surface area contributed by atoms with Crippen molar-refractivity contribution in [3.8, 4) is 0 Å². The molecule has 1 unspecified atom stereocenters. The Kier molecular flexibility index (Phi) is 5.67. The standard InChI is InChI=1S/C25H32Si/c1-6-7-18-26(23-14-10-8-11-15-23,24-16-12-9-13-17-24)25-21(4)19(2)20(3)22(25)5/h8-17,21H,6-7,18H2,1-5H3. The van der Waals surface area contributed by atoms with Crippen molar-refractivity contribution < 1.29 is 0 Å². The van der Waals surface area contributed by atoms with Crippen molar-refractivity contribution in [2.24, 2.45) is 5.92 Å². The fourth-order valence-corrected chi connectivity index (χ4v) is 10.8. The molecule has 2 aromatic carbocycles. The molecule has 2 aromatic rings. The highest BCUT2D eigenvalue weighted by atomic mass is 28.3. The SMILES string of the molecule is CCCC[Si](C1=C(C)C(C)=C(C)C1C)(c1ccccc1)c1ccccc1. The van der Waals surface area contributed by atoms with Gasteiger partial charge in [-0.05, 0) is 48.7 Å². The number of hydrogen-bond acceptors (Lipinski definition) is 0. The van der Waals surface area contributed by atoms with E-state index in [9.17, 15) is 0 Å². The van der Waals surface area contributed by atoms with Crippen molar-refractivity contribution in [1.29, 1.82) is 0 Å². The van der Waals surface area contributed by atoms with E-state index in [1.165, 1.54) is 24.5 Å². The van der Waals surface area contributed by atoms with Crippen LogP contribution in [0.1, 0.15) is 47.5 Å². The van der Waals surface area contributed by atoms with Gasteiger partial charge in [0.1, 0.15) is 8.07 Å². The predicted octanol–water partition coefficient (Wildman–Crippen LogP) is 5.89. The fourth-order valence-electron chi connectivity index (χ4n) is 4.84. The molecule has 1 atom stereocenters. The van der Waals surface area contributed by atoms with Gasteiger partial charge in [0.15, 0.2) is 0 Å². The topological polar surface area (TPSA) is 0 Å². The van der Waals surface area contributed by atoms with Gasteiger partial charge in [-0.1, -0.05) is 104 Å². The van der Waals surface area contributed by atoms with Crippen LogP contribution in [0.15, 0.2) is 82.6 Å². The molecule has 0 saturated carbocycles. The van der Waals surface area contributed by atoms with Crippen LogP contribution in [-0.4, -0.2) is 8.07 Å². The molecule has 0 aliphatic heterocycles. The number of benzene rings is 2. The number of allylic oxidation sites excluding steroid dienone is 4. The predicted molar refractivity (Wildman–Crippen MR) is 118 cm³/mol. The van der Waals surface area contributed by atoms with Gasteiger partial charge in [0.2, 0.25) is 0 Å². The molecule has 0 bridgehead atoms. The Balaban J connectivity index is 2.32. The van der Waals surface area contributed by atoms with E-state index in [4.69, 9.17) is 0 Å². The highest BCUT2D eigenvalue weighted by molar-refractivity contribution is 7.07. The molecule has 0 radical (unpaired) electrons. The molecule has 0 spiro atoms. The zero-order chi connectivity index (χ0) is 18.7. The van der Waals surface area contributed by atoms with Crippen molar-refractivity contribution >= 4 is 18.4 Å². The average molecular weight is 361 g/mol. The highest BCUT2D eigenvalue weighted by Gasteiger charge is 2.45. The quantitative estimate of drug-likeness (QED) is 0.563. The first-order valence-corrected chi connectivity index (χ1v) is 12.2. The van der Waals surface area contributed by atoms with E-state index in [0.717, 1.165) is 0 Å². The Bertz CT molecular complexity index is 772. The van der Waals surface area contributed by atoms with Crippen molar-refractivity contribution in [2.75, 3.05) is 0 Å². The lowest BCUT2D eigenvalue weighted by Crippen LogP contribution is -2.61. The fraction of sp³-hybridized carbons (Fsp3) is 0.360. The van der Waals surface area contributed by atoms with Gasteiger partial charge in [0.25, 0.3) is 0 Å². The third-order valence-electron chi connectivity index (χ3n) is 6.54. The molecule has 0 N–H and O–H groups in total. The largest absolute Gasteiger partial charge is 0.145 e. The molecule has 0 aromatic heterocycles. The van der Waals surface area contributed by atoms with Crippen molar-refractivity contribution in [3.63, 3.8) is 0 Å². The minimum Gasteiger partial charge on any atom is -0.0654 e. The second-order valence-corrected chi connectivity index (χ2v) is 11.8. The van der Waals surface area contributed by atoms with Gasteiger partial charge >= 0.3 is 0 Å². The van der Waals surface area contributed by atoms with Crippen molar-refractivity contribution in [3.05, 3.63) is 82.6 Å². The Morgan fingerprint density at radius 2 is 1.27 bits per heavy atom. The maximum absolute atomic E-state index is 2.43. The molecule has 136 valence electrons. The maximum atomic E-state index is 2.43. The van der Waals surface area contributed by atoms with Gasteiger partial charge in [0.05, 0.1) is 0 Å². The van der Waals surface area contributed by atoms with Crippen LogP contribution in [0.2, 0.25) is 6.04 Å². The molecule has 0 nitrogen and oxygen atoms in total. The number of rotatable bonds is 6. The summed E-state index contributed by atoms with van der Waals surface area (Å²) in [6, 6.07) is 24.1. The smallest absolute Gasteiger partial charge is 0.0654 e. The summed E-state index contributed by atoms with van der Waals surface area (Å²) < 4.78 is 0. The Hall–Kier alpha value is -1.86. The summed E-state index contributed by atoms with van der Waals surface area (Å²) >= 11 is 0. The first-order valence-electron chi connectivity index (χ1n) is 10.0. The minimum absolute atomic E-state index is 0.555. The van der Waals surface area contributed by atoms with Crippen LogP contribution in [0.3, 0.4) is 0 Å². The van der Waals surface area contributed by atoms with E-state index < -0.39 is 8.07 Å². The summed E-state index contributed by atoms with van der Waals surface area (Å²) in [5, 5.41) is 4.89. The minimum atomic E-state index is -2.01. The van der Waals surface area contributed by atoms with Crippen LogP contribution in [0.25, 0.3) is 0 Å². The first-order chi connectivity index (χ1) is 12.5. The summed E-state index contributed by atoms with van der Waals surface area (Å²) in [7, 11) is -2.01. The van der Waals surface area contributed by atoms with E-state index in [2.05, 4.69) is 95.3 Å². The molecule has 26 heavy (non-hydrogen) atoms. The van der Waals surface area contributed by atoms with Gasteiger partial charge in [-0.2, -0.15) is 0 Å². The van der Waals surface area contributed by atoms with Crippen LogP contribution in [0.5, 0.6) is 0 Å². The van der Waals surface area contributed by atoms with E-state index >= 15 is 0 Å². The summed E-state index contributed by atoms with van der Waals surface area (Å²) in [5.74, 6) is 0.555. The van der Waals surface area contributed by atoms with Crippen LogP contribution in [-0.2, 0) is 0 Å². The van der Waals surface area contributed by atoms with Gasteiger partial charge < -0.3 is 0 Å². The van der Waals surface area contributed by atoms with Gasteiger partial charge in [0, 0.05) is 0 Å². The third kappa shape index (κ3) is 3.03. The van der Waals surface area contributed by atoms with Crippen molar-refractivity contribution in [1.82, 2.24) is 0 Å². The summed E-state index contributed by atoms with van der Waals surface area (Å²) in [5.41, 5.74) is 4.65. The lowest BCUT2D eigenvalue weighted by molar-refractivity contribution is 0.832. The molecular weight excluding hydrogens is 328 g/mol. The average Bonchev–Trinajstić information content (AvgIpc) is 2.88. The molecule has 0 fully saturated rings. The molecule has 1 aliphatic rings. The first kappa shape index (κ1) is 18.9. The normalized spacial score (nSPS) is 18.0. The Labute approximate surface area is 160 Å². The van der Waals surface area contributed by atoms with Crippen LogP contribution < -0.4 is 10.4 Å². The van der Waals surface area contributed by atoms with Gasteiger partial charge in [-0.15, -0.1) is 0 Å². The summed E-state index contributed by atoms with van der Waals surface area (Å²) in [4.78, 5) is 0. The second-order valence-electron chi connectivity index (χ2n) is 7.81. The monoisotopic (exact) mass is 360 g/mol. The zero-order valence-corrected chi connectivity index (χ0v) is 18.0. The van der Waals surface area contributed by atoms with Crippen molar-refractivity contribution in [2.45, 2.75) is 53.5 Å². The van der Waals surface area contributed by atoms with Crippen LogP contribution >= 0.6 is 0 Å². The zero-order valence-electron chi connectivity index (χ0n) is 17.0. The van der Waals surface area contributed by atoms with E-state index in [1.54, 1.807) is 26.7 Å². The van der Waals surface area contributed by atoms with Gasteiger partial charge in [-0.25, -0.2) is 0 Å². The van der Waals surface area contributed by atoms with E-state index in [-0.39, 0.29) is 0 Å². The molecule has 0 amide bonds. The van der Waals surface area contributed by atoms with E-state index in [1.807, 2.05) is 0 Å². The maximum Gasteiger partial charge on any atom is 0.145 e. The summed E-state index contributed by atoms with van der Waals surface area (Å²) in [6.07, 6.45) is 2.54. The third-order valence-corrected chi connectivity index (χ3v) is 12.0. The molecular formula is C25H32Si. The van der Waals surface area contributed by atoms with Crippen LogP contribution in [0.4, 0.5) is 0 Å². The highest BCUT2D eigenvalue weighted by Crippen LogP contribution is 2.42. The number of hydrogen-bond donors (Lipinski definition) is 0. The molecule has 1 aliphatic carbocycles. The van der Waals surface area contributed by atoms with E-state index in [0.29, 0.717) is 5.92 Å². The lowest BCUT2D eigenvalue weighted by Gasteiger charge is -2.38. The molecule has 0 heterocycles. The molecule has 0 saturated heterocycles. The number of unbranched alkanes of at least 4 members (excludes halogenated alkanes) is 1. The lowest BCUT2D eigenvalue weighted by atomic mass is 10.1. The van der Waals surface area contributed by atoms with Gasteiger partial charge in [-0.3, -0.25) is 0 Å². The van der Waals surface area contributed by atoms with Crippen LogP contribution in [0, 0.1) is 5.92 Å². The molecule has 1 heteroatoms.